The number of nitrogens with zero attached hydrogens (tertiary/aromatic N) is 4. The monoisotopic (exact) mass is 356 g/mol. The lowest BCUT2D eigenvalue weighted by atomic mass is 10.2. The third-order valence-corrected chi connectivity index (χ3v) is 4.93. The maximum Gasteiger partial charge on any atom is 0.142 e. The molecule has 25 heavy (non-hydrogen) atoms. The minimum Gasteiger partial charge on any atom is -0.379 e. The molecule has 5 nitrogen and oxygen atoms in total. The molecule has 1 unspecified atom stereocenters. The van der Waals surface area contributed by atoms with E-state index in [0.29, 0.717) is 10.9 Å². The molecular formula is C19H21ClN4O. The van der Waals surface area contributed by atoms with Crippen LogP contribution in [0.25, 0.3) is 22.4 Å². The molecule has 4 rings (SSSR count). The van der Waals surface area contributed by atoms with Crippen molar-refractivity contribution in [3.05, 3.63) is 41.6 Å². The topological polar surface area (TPSA) is 43.2 Å². The number of ether oxygens (including phenoxy) is 1. The second-order valence-corrected chi connectivity index (χ2v) is 7.04. The van der Waals surface area contributed by atoms with Gasteiger partial charge in [0.2, 0.25) is 0 Å². The molecule has 1 aromatic carbocycles. The van der Waals surface area contributed by atoms with E-state index in [1.807, 2.05) is 31.3 Å². The van der Waals surface area contributed by atoms with Gasteiger partial charge in [0, 0.05) is 31.9 Å². The first kappa shape index (κ1) is 16.4. The second kappa shape index (κ2) is 6.65. The Morgan fingerprint density at radius 3 is 2.96 bits per heavy atom. The summed E-state index contributed by atoms with van der Waals surface area (Å²) < 4.78 is 7.72. The molecule has 0 N–H and O–H groups in total. The van der Waals surface area contributed by atoms with Crippen LogP contribution in [0, 0.1) is 5.92 Å². The van der Waals surface area contributed by atoms with Crippen LogP contribution >= 0.6 is 11.6 Å². The molecule has 0 radical (unpaired) electrons. The van der Waals surface area contributed by atoms with Gasteiger partial charge in [-0.3, -0.25) is 0 Å². The summed E-state index contributed by atoms with van der Waals surface area (Å²) in [5.41, 5.74) is 2.96. The molecule has 1 saturated heterocycles. The van der Waals surface area contributed by atoms with E-state index in [0.717, 1.165) is 54.5 Å². The van der Waals surface area contributed by atoms with Crippen molar-refractivity contribution in [1.29, 1.82) is 0 Å². The molecule has 0 saturated carbocycles. The van der Waals surface area contributed by atoms with E-state index < -0.39 is 0 Å². The van der Waals surface area contributed by atoms with Crippen LogP contribution in [0.5, 0.6) is 0 Å². The number of imidazole rings is 1. The van der Waals surface area contributed by atoms with Crippen molar-refractivity contribution in [2.75, 3.05) is 31.2 Å². The van der Waals surface area contributed by atoms with Crippen LogP contribution in [0.4, 0.5) is 5.82 Å². The summed E-state index contributed by atoms with van der Waals surface area (Å²) in [6, 6.07) is 10.1. The zero-order chi connectivity index (χ0) is 17.4. The highest BCUT2D eigenvalue weighted by Crippen LogP contribution is 2.32. The molecule has 2 aromatic heterocycles. The predicted octanol–water partition coefficient (Wildman–Crippen LogP) is 3.76. The van der Waals surface area contributed by atoms with Crippen molar-refractivity contribution in [2.24, 2.45) is 13.0 Å². The summed E-state index contributed by atoms with van der Waals surface area (Å²) in [7, 11) is 2.02. The Bertz CT molecular complexity index is 908. The first-order chi connectivity index (χ1) is 12.1. The van der Waals surface area contributed by atoms with E-state index in [9.17, 15) is 0 Å². The minimum atomic E-state index is 0.471. The van der Waals surface area contributed by atoms with E-state index in [1.54, 1.807) is 6.20 Å². The highest BCUT2D eigenvalue weighted by Gasteiger charge is 2.19. The molecule has 1 fully saturated rings. The summed E-state index contributed by atoms with van der Waals surface area (Å²) in [4.78, 5) is 11.6. The lowest BCUT2D eigenvalue weighted by Gasteiger charge is -2.23. The van der Waals surface area contributed by atoms with Crippen LogP contribution in [0.3, 0.4) is 0 Å². The molecule has 3 heterocycles. The van der Waals surface area contributed by atoms with Gasteiger partial charge in [-0.1, -0.05) is 30.7 Å². The lowest BCUT2D eigenvalue weighted by molar-refractivity contribution is 0.129. The number of aromatic nitrogens is 3. The lowest BCUT2D eigenvalue weighted by Crippen LogP contribution is -2.29. The fourth-order valence-electron chi connectivity index (χ4n) is 3.35. The molecule has 130 valence electrons. The Morgan fingerprint density at radius 2 is 2.12 bits per heavy atom. The maximum atomic E-state index is 6.47. The minimum absolute atomic E-state index is 0.471. The normalized spacial score (nSPS) is 18.5. The molecule has 1 aliphatic heterocycles. The van der Waals surface area contributed by atoms with E-state index >= 15 is 0 Å². The van der Waals surface area contributed by atoms with Crippen LogP contribution in [-0.2, 0) is 11.8 Å². The van der Waals surface area contributed by atoms with E-state index in [2.05, 4.69) is 27.4 Å². The average Bonchev–Trinajstić information content (AvgIpc) is 2.79. The van der Waals surface area contributed by atoms with Crippen molar-refractivity contribution < 1.29 is 4.74 Å². The number of para-hydroxylation sites is 2. The summed E-state index contributed by atoms with van der Waals surface area (Å²) in [5.74, 6) is 2.25. The number of hydrogen-bond acceptors (Lipinski definition) is 4. The largest absolute Gasteiger partial charge is 0.379 e. The fourth-order valence-corrected chi connectivity index (χ4v) is 3.53. The van der Waals surface area contributed by atoms with Crippen LogP contribution < -0.4 is 4.90 Å². The molecule has 0 amide bonds. The van der Waals surface area contributed by atoms with Gasteiger partial charge in [0.15, 0.2) is 0 Å². The standard InChI is InChI=1S/C19H21ClN4O/c1-13-11-24(7-8-25-12-13)18-9-14(15(20)10-21-18)19-22-16-5-3-4-6-17(16)23(19)2/h3-6,9-10,13H,7-8,11-12H2,1-2H3. The van der Waals surface area contributed by atoms with Gasteiger partial charge in [-0.2, -0.15) is 0 Å². The number of hydrogen-bond donors (Lipinski definition) is 0. The van der Waals surface area contributed by atoms with E-state index in [4.69, 9.17) is 21.3 Å². The molecule has 3 aromatic rings. The Balaban J connectivity index is 1.78. The van der Waals surface area contributed by atoms with Crippen LogP contribution in [0.15, 0.2) is 36.5 Å². The Hall–Kier alpha value is -2.11. The van der Waals surface area contributed by atoms with Gasteiger partial charge in [0.05, 0.1) is 29.3 Å². The number of pyridine rings is 1. The molecule has 6 heteroatoms. The SMILES string of the molecule is CC1COCCN(c2cc(-c3nc4ccccc4n3C)c(Cl)cn2)C1. The third-order valence-electron chi connectivity index (χ3n) is 4.63. The molecule has 0 bridgehead atoms. The van der Waals surface area contributed by atoms with Gasteiger partial charge in [-0.15, -0.1) is 0 Å². The van der Waals surface area contributed by atoms with Gasteiger partial charge >= 0.3 is 0 Å². The quantitative estimate of drug-likeness (QED) is 0.701. The number of halogens is 1. The van der Waals surface area contributed by atoms with Crippen molar-refractivity contribution in [2.45, 2.75) is 6.92 Å². The van der Waals surface area contributed by atoms with Gasteiger partial charge < -0.3 is 14.2 Å². The summed E-state index contributed by atoms with van der Waals surface area (Å²) >= 11 is 6.47. The Morgan fingerprint density at radius 1 is 1.28 bits per heavy atom. The van der Waals surface area contributed by atoms with Gasteiger partial charge in [-0.25, -0.2) is 9.97 Å². The summed E-state index contributed by atoms with van der Waals surface area (Å²) in [6.07, 6.45) is 1.72. The first-order valence-electron chi connectivity index (χ1n) is 8.53. The number of rotatable bonds is 2. The number of anilines is 1. The molecule has 1 aliphatic rings. The summed E-state index contributed by atoms with van der Waals surface area (Å²) in [6.45, 7) is 5.47. The summed E-state index contributed by atoms with van der Waals surface area (Å²) in [5, 5.41) is 0.612. The highest BCUT2D eigenvalue weighted by molar-refractivity contribution is 6.33. The number of fused-ring (bicyclic) bond motifs is 1. The highest BCUT2D eigenvalue weighted by atomic mass is 35.5. The molecular weight excluding hydrogens is 336 g/mol. The van der Waals surface area contributed by atoms with E-state index in [1.165, 1.54) is 0 Å². The average molecular weight is 357 g/mol. The van der Waals surface area contributed by atoms with Crippen molar-refractivity contribution in [3.8, 4) is 11.4 Å². The van der Waals surface area contributed by atoms with Gasteiger partial charge in [0.25, 0.3) is 0 Å². The molecule has 1 atom stereocenters. The second-order valence-electron chi connectivity index (χ2n) is 6.63. The van der Waals surface area contributed by atoms with Crippen LogP contribution in [0.1, 0.15) is 6.92 Å². The number of benzene rings is 1. The molecule has 0 aliphatic carbocycles. The fraction of sp³-hybridized carbons (Fsp3) is 0.368. The van der Waals surface area contributed by atoms with Gasteiger partial charge in [0.1, 0.15) is 11.6 Å². The van der Waals surface area contributed by atoms with Crippen molar-refractivity contribution >= 4 is 28.5 Å². The zero-order valence-electron chi connectivity index (χ0n) is 14.4. The van der Waals surface area contributed by atoms with Crippen LogP contribution in [0.2, 0.25) is 5.02 Å². The van der Waals surface area contributed by atoms with E-state index in [-0.39, 0.29) is 0 Å². The van der Waals surface area contributed by atoms with Gasteiger partial charge in [-0.05, 0) is 24.1 Å². The van der Waals surface area contributed by atoms with Crippen LogP contribution in [-0.4, -0.2) is 40.8 Å². The van der Waals surface area contributed by atoms with Crippen molar-refractivity contribution in [3.63, 3.8) is 0 Å². The Kier molecular flexibility index (Phi) is 4.36. The predicted molar refractivity (Wildman–Crippen MR) is 101 cm³/mol. The van der Waals surface area contributed by atoms with Crippen molar-refractivity contribution in [1.82, 2.24) is 14.5 Å². The zero-order valence-corrected chi connectivity index (χ0v) is 15.2. The number of aryl methyl sites for hydroxylation is 1. The maximum absolute atomic E-state index is 6.47. The smallest absolute Gasteiger partial charge is 0.142 e. The third kappa shape index (κ3) is 3.10. The molecule has 0 spiro atoms. The first-order valence-corrected chi connectivity index (χ1v) is 8.91. The Labute approximate surface area is 152 Å².